The molecule has 0 saturated heterocycles. The molecule has 0 amide bonds. The van der Waals surface area contributed by atoms with Gasteiger partial charge in [0.2, 0.25) is 0 Å². The van der Waals surface area contributed by atoms with Gasteiger partial charge in [0.25, 0.3) is 0 Å². The molecule has 0 unspecified atom stereocenters. The largest absolute Gasteiger partial charge is 0.329 e. The van der Waals surface area contributed by atoms with E-state index >= 15 is 0 Å². The van der Waals surface area contributed by atoms with Crippen molar-refractivity contribution in [1.82, 2.24) is 14.5 Å². The number of nitriles is 1. The summed E-state index contributed by atoms with van der Waals surface area (Å²) in [7, 11) is 0. The molecule has 5 heteroatoms. The molecule has 1 saturated carbocycles. The van der Waals surface area contributed by atoms with Gasteiger partial charge in [-0.3, -0.25) is 0 Å². The SMILES string of the molecule is N#C[C@H]1CCC[C@@H](n2ccc3c(Cl)ncnc32)C1. The Morgan fingerprint density at radius 1 is 1.39 bits per heavy atom. The molecule has 0 aliphatic heterocycles. The molecule has 0 spiro atoms. The Balaban J connectivity index is 2.00. The number of nitrogens with zero attached hydrogens (tertiary/aromatic N) is 4. The second-order valence-corrected chi connectivity index (χ2v) is 5.13. The van der Waals surface area contributed by atoms with E-state index < -0.39 is 0 Å². The minimum atomic E-state index is 0.165. The van der Waals surface area contributed by atoms with Crippen molar-refractivity contribution in [1.29, 1.82) is 5.26 Å². The summed E-state index contributed by atoms with van der Waals surface area (Å²) in [6, 6.07) is 4.69. The van der Waals surface area contributed by atoms with Gasteiger partial charge < -0.3 is 4.57 Å². The van der Waals surface area contributed by atoms with Gasteiger partial charge in [0.05, 0.1) is 11.5 Å². The van der Waals surface area contributed by atoms with E-state index in [4.69, 9.17) is 16.9 Å². The van der Waals surface area contributed by atoms with Crippen LogP contribution in [0.4, 0.5) is 0 Å². The van der Waals surface area contributed by atoms with E-state index in [1.807, 2.05) is 12.3 Å². The van der Waals surface area contributed by atoms with Gasteiger partial charge in [-0.25, -0.2) is 9.97 Å². The Labute approximate surface area is 110 Å². The molecule has 1 aliphatic carbocycles. The van der Waals surface area contributed by atoms with Crippen LogP contribution in [0.25, 0.3) is 11.0 Å². The first-order valence-corrected chi connectivity index (χ1v) is 6.54. The molecule has 3 rings (SSSR count). The van der Waals surface area contributed by atoms with E-state index in [1.165, 1.54) is 6.33 Å². The summed E-state index contributed by atoms with van der Waals surface area (Å²) >= 11 is 6.05. The van der Waals surface area contributed by atoms with Gasteiger partial charge in [-0.2, -0.15) is 5.26 Å². The normalized spacial score (nSPS) is 24.0. The topological polar surface area (TPSA) is 54.5 Å². The van der Waals surface area contributed by atoms with E-state index in [1.54, 1.807) is 0 Å². The number of fused-ring (bicyclic) bond motifs is 1. The van der Waals surface area contributed by atoms with Gasteiger partial charge in [0, 0.05) is 18.2 Å². The molecular weight excluding hydrogens is 248 g/mol. The van der Waals surface area contributed by atoms with Gasteiger partial charge in [-0.05, 0) is 25.3 Å². The predicted molar refractivity (Wildman–Crippen MR) is 69.1 cm³/mol. The fraction of sp³-hybridized carbons (Fsp3) is 0.462. The molecule has 2 heterocycles. The fourth-order valence-corrected chi connectivity index (χ4v) is 2.96. The minimum Gasteiger partial charge on any atom is -0.329 e. The van der Waals surface area contributed by atoms with Crippen molar-refractivity contribution in [3.8, 4) is 6.07 Å². The third kappa shape index (κ3) is 1.85. The molecule has 2 aromatic rings. The first-order valence-electron chi connectivity index (χ1n) is 6.16. The van der Waals surface area contributed by atoms with E-state index in [0.29, 0.717) is 11.2 Å². The predicted octanol–water partition coefficient (Wildman–Crippen LogP) is 3.34. The monoisotopic (exact) mass is 260 g/mol. The third-order valence-corrected chi connectivity index (χ3v) is 3.98. The summed E-state index contributed by atoms with van der Waals surface area (Å²) in [4.78, 5) is 8.30. The molecule has 2 atom stereocenters. The molecule has 0 N–H and O–H groups in total. The summed E-state index contributed by atoms with van der Waals surface area (Å²) < 4.78 is 2.15. The summed E-state index contributed by atoms with van der Waals surface area (Å²) in [5.74, 6) is 0.165. The highest BCUT2D eigenvalue weighted by Crippen LogP contribution is 2.34. The van der Waals surface area contributed by atoms with Crippen LogP contribution in [0.5, 0.6) is 0 Å². The molecule has 1 fully saturated rings. The van der Waals surface area contributed by atoms with Crippen LogP contribution < -0.4 is 0 Å². The maximum absolute atomic E-state index is 9.06. The van der Waals surface area contributed by atoms with Crippen molar-refractivity contribution in [3.05, 3.63) is 23.7 Å². The zero-order valence-corrected chi connectivity index (χ0v) is 10.6. The van der Waals surface area contributed by atoms with E-state index in [9.17, 15) is 0 Å². The lowest BCUT2D eigenvalue weighted by Crippen LogP contribution is -2.18. The van der Waals surface area contributed by atoms with Crippen molar-refractivity contribution in [2.75, 3.05) is 0 Å². The zero-order chi connectivity index (χ0) is 12.5. The summed E-state index contributed by atoms with van der Waals surface area (Å²) in [6.45, 7) is 0. The van der Waals surface area contributed by atoms with Crippen molar-refractivity contribution < 1.29 is 0 Å². The average Bonchev–Trinajstić information content (AvgIpc) is 2.84. The third-order valence-electron chi connectivity index (χ3n) is 3.68. The average molecular weight is 261 g/mol. The van der Waals surface area contributed by atoms with Gasteiger partial charge >= 0.3 is 0 Å². The molecule has 18 heavy (non-hydrogen) atoms. The summed E-state index contributed by atoms with van der Waals surface area (Å²) in [5.41, 5.74) is 0.874. The first-order chi connectivity index (χ1) is 8.79. The van der Waals surface area contributed by atoms with Gasteiger partial charge in [0.1, 0.15) is 17.1 Å². The van der Waals surface area contributed by atoms with Crippen LogP contribution in [0.3, 0.4) is 0 Å². The Hall–Kier alpha value is -1.60. The quantitative estimate of drug-likeness (QED) is 0.739. The van der Waals surface area contributed by atoms with Crippen LogP contribution in [0.2, 0.25) is 5.15 Å². The lowest BCUT2D eigenvalue weighted by Gasteiger charge is -2.26. The van der Waals surface area contributed by atoms with Gasteiger partial charge in [0.15, 0.2) is 0 Å². The van der Waals surface area contributed by atoms with Gasteiger partial charge in [-0.1, -0.05) is 18.0 Å². The number of aromatic nitrogens is 3. The van der Waals surface area contributed by atoms with E-state index in [-0.39, 0.29) is 5.92 Å². The smallest absolute Gasteiger partial charge is 0.145 e. The molecule has 0 aromatic carbocycles. The Morgan fingerprint density at radius 3 is 3.11 bits per heavy atom. The molecule has 2 aromatic heterocycles. The Morgan fingerprint density at radius 2 is 2.28 bits per heavy atom. The lowest BCUT2D eigenvalue weighted by molar-refractivity contribution is 0.313. The number of hydrogen-bond acceptors (Lipinski definition) is 3. The molecule has 0 radical (unpaired) electrons. The highest BCUT2D eigenvalue weighted by Gasteiger charge is 2.24. The minimum absolute atomic E-state index is 0.165. The van der Waals surface area contributed by atoms with Crippen LogP contribution >= 0.6 is 11.6 Å². The van der Waals surface area contributed by atoms with Crippen LogP contribution in [-0.2, 0) is 0 Å². The second-order valence-electron chi connectivity index (χ2n) is 4.77. The molecule has 92 valence electrons. The molecular formula is C13H13ClN4. The standard InChI is InChI=1S/C13H13ClN4/c14-12-11-4-5-18(13(11)17-8-16-12)10-3-1-2-9(6-10)7-15/h4-5,8-10H,1-3,6H2/t9-,10+/m0/s1. The Kier molecular flexibility index (Phi) is 2.92. The zero-order valence-electron chi connectivity index (χ0n) is 9.88. The highest BCUT2D eigenvalue weighted by atomic mass is 35.5. The first kappa shape index (κ1) is 11.5. The van der Waals surface area contributed by atoms with Crippen molar-refractivity contribution in [3.63, 3.8) is 0 Å². The second kappa shape index (κ2) is 4.58. The molecule has 4 nitrogen and oxygen atoms in total. The van der Waals surface area contributed by atoms with Crippen LogP contribution in [0, 0.1) is 17.2 Å². The fourth-order valence-electron chi connectivity index (χ4n) is 2.77. The van der Waals surface area contributed by atoms with Crippen molar-refractivity contribution in [2.24, 2.45) is 5.92 Å². The maximum atomic E-state index is 9.06. The van der Waals surface area contributed by atoms with Crippen LogP contribution in [0.1, 0.15) is 31.7 Å². The number of rotatable bonds is 1. The number of halogens is 1. The van der Waals surface area contributed by atoms with E-state index in [2.05, 4.69) is 20.6 Å². The lowest BCUT2D eigenvalue weighted by atomic mass is 9.86. The Bertz CT molecular complexity index is 613. The van der Waals surface area contributed by atoms with Crippen molar-refractivity contribution >= 4 is 22.6 Å². The number of hydrogen-bond donors (Lipinski definition) is 0. The summed E-state index contributed by atoms with van der Waals surface area (Å²) in [5, 5.41) is 10.4. The highest BCUT2D eigenvalue weighted by molar-refractivity contribution is 6.33. The van der Waals surface area contributed by atoms with Crippen LogP contribution in [0.15, 0.2) is 18.6 Å². The molecule has 0 bridgehead atoms. The van der Waals surface area contributed by atoms with E-state index in [0.717, 1.165) is 36.7 Å². The maximum Gasteiger partial charge on any atom is 0.145 e. The summed E-state index contributed by atoms with van der Waals surface area (Å²) in [6.07, 6.45) is 7.62. The van der Waals surface area contributed by atoms with Crippen LogP contribution in [-0.4, -0.2) is 14.5 Å². The van der Waals surface area contributed by atoms with Gasteiger partial charge in [-0.15, -0.1) is 0 Å². The molecule has 1 aliphatic rings. The van der Waals surface area contributed by atoms with Crippen molar-refractivity contribution in [2.45, 2.75) is 31.7 Å².